The molecule has 0 aromatic heterocycles. The number of hydrogen-bond donors (Lipinski definition) is 1. The molecule has 2 heterocycles. The Morgan fingerprint density at radius 3 is 2.45 bits per heavy atom. The number of halogens is 1. The Morgan fingerprint density at radius 2 is 1.77 bits per heavy atom. The van der Waals surface area contributed by atoms with Crippen LogP contribution in [0, 0.1) is 5.92 Å². The summed E-state index contributed by atoms with van der Waals surface area (Å²) < 4.78 is 31.0. The first-order valence-corrected chi connectivity index (χ1v) is 14.9. The van der Waals surface area contributed by atoms with Gasteiger partial charge in [-0.25, -0.2) is 4.79 Å². The van der Waals surface area contributed by atoms with Gasteiger partial charge < -0.3 is 24.4 Å². The Morgan fingerprint density at radius 1 is 1.10 bits per heavy atom. The van der Waals surface area contributed by atoms with E-state index in [1.165, 1.54) is 4.90 Å². The summed E-state index contributed by atoms with van der Waals surface area (Å²) in [5.41, 5.74) is -0.175. The lowest BCUT2D eigenvalue weighted by Crippen LogP contribution is -2.55. The molecule has 2 aliphatic rings. The highest BCUT2D eigenvalue weighted by Gasteiger charge is 2.36. The maximum atomic E-state index is 13.4. The van der Waals surface area contributed by atoms with Crippen molar-refractivity contribution in [3.05, 3.63) is 41.4 Å². The number of amides is 3. The van der Waals surface area contributed by atoms with Crippen molar-refractivity contribution in [2.75, 3.05) is 37.0 Å². The molecule has 0 saturated carbocycles. The molecule has 40 heavy (non-hydrogen) atoms. The lowest BCUT2D eigenvalue weighted by molar-refractivity contribution is -0.143. The van der Waals surface area contributed by atoms with E-state index in [-0.39, 0.29) is 24.3 Å². The van der Waals surface area contributed by atoms with Gasteiger partial charge in [-0.3, -0.25) is 18.1 Å². The highest BCUT2D eigenvalue weighted by Crippen LogP contribution is 2.30. The second-order valence-electron chi connectivity index (χ2n) is 11.3. The van der Waals surface area contributed by atoms with Crippen LogP contribution < -0.4 is 9.62 Å². The minimum Gasteiger partial charge on any atom is -0.755 e. The number of anilines is 1. The number of carbonyl (C=O) groups is 3. The van der Waals surface area contributed by atoms with E-state index in [2.05, 4.69) is 5.32 Å². The highest BCUT2D eigenvalue weighted by atomic mass is 35.5. The summed E-state index contributed by atoms with van der Waals surface area (Å²) in [6, 6.07) is 9.56. The summed E-state index contributed by atoms with van der Waals surface area (Å²) in [7, 11) is 0. The van der Waals surface area contributed by atoms with Gasteiger partial charge in [0.1, 0.15) is 11.6 Å². The van der Waals surface area contributed by atoms with Crippen LogP contribution in [0.3, 0.4) is 0 Å². The molecule has 218 valence electrons. The molecule has 0 radical (unpaired) electrons. The quantitative estimate of drug-likeness (QED) is 0.488. The summed E-state index contributed by atoms with van der Waals surface area (Å²) in [4.78, 5) is 41.7. The lowest BCUT2D eigenvalue weighted by Gasteiger charge is -2.40. The molecule has 2 aromatic rings. The van der Waals surface area contributed by atoms with E-state index in [0.717, 1.165) is 27.9 Å². The number of ether oxygens (including phenoxy) is 1. The van der Waals surface area contributed by atoms with Crippen molar-refractivity contribution in [1.82, 2.24) is 15.1 Å². The van der Waals surface area contributed by atoms with E-state index in [1.807, 2.05) is 20.8 Å². The fourth-order valence-corrected chi connectivity index (χ4v) is 6.07. The van der Waals surface area contributed by atoms with E-state index < -0.39 is 29.0 Å². The van der Waals surface area contributed by atoms with Gasteiger partial charge in [-0.15, -0.1) is 0 Å². The zero-order valence-corrected chi connectivity index (χ0v) is 24.6. The summed E-state index contributed by atoms with van der Waals surface area (Å²) in [5, 5.41) is 5.04. The molecule has 3 amide bonds. The van der Waals surface area contributed by atoms with Crippen molar-refractivity contribution >= 4 is 57.2 Å². The summed E-state index contributed by atoms with van der Waals surface area (Å²) in [6.07, 6.45) is 1.96. The number of rotatable bonds is 7. The molecule has 2 aliphatic heterocycles. The van der Waals surface area contributed by atoms with Crippen molar-refractivity contribution in [2.24, 2.45) is 5.92 Å². The van der Waals surface area contributed by atoms with Crippen LogP contribution in [0.15, 0.2) is 36.4 Å². The molecule has 0 aliphatic carbocycles. The van der Waals surface area contributed by atoms with Crippen LogP contribution in [0.2, 0.25) is 5.02 Å². The average molecular weight is 592 g/mol. The van der Waals surface area contributed by atoms with E-state index in [0.29, 0.717) is 49.7 Å². The number of likely N-dealkylation sites (tertiary alicyclic amines) is 2. The molecule has 2 unspecified atom stereocenters. The monoisotopic (exact) mass is 591 g/mol. The maximum Gasteiger partial charge on any atom is 0.407 e. The van der Waals surface area contributed by atoms with Gasteiger partial charge in [0.2, 0.25) is 11.8 Å². The predicted octanol–water partition coefficient (Wildman–Crippen LogP) is 3.85. The van der Waals surface area contributed by atoms with Crippen LogP contribution in [-0.2, 0) is 25.6 Å². The number of carbonyl (C=O) groups excluding carboxylic acids is 3. The molecular weight excluding hydrogens is 556 g/mol. The molecule has 0 bridgehead atoms. The normalized spacial score (nSPS) is 19.4. The van der Waals surface area contributed by atoms with Crippen molar-refractivity contribution in [3.8, 4) is 0 Å². The Kier molecular flexibility index (Phi) is 9.58. The third-order valence-corrected chi connectivity index (χ3v) is 8.24. The number of nitrogens with zero attached hydrogens (tertiary/aromatic N) is 3. The molecule has 4 rings (SSSR count). The third kappa shape index (κ3) is 7.64. The SMILES string of the molecule is CC(C)(C)OC(=O)NCC1CCN(C(=O)CN2CCCC(N(c3ccc4cc(Cl)ccc4c3)S(=O)[O-])C2=O)CC1. The number of nitrogens with one attached hydrogen (secondary N) is 1. The van der Waals surface area contributed by atoms with Crippen molar-refractivity contribution in [3.63, 3.8) is 0 Å². The fraction of sp³-hybridized carbons (Fsp3) is 0.536. The Balaban J connectivity index is 1.34. The maximum absolute atomic E-state index is 13.4. The molecule has 2 aromatic carbocycles. The number of fused-ring (bicyclic) bond motifs is 1. The first kappa shape index (κ1) is 30.1. The van der Waals surface area contributed by atoms with Gasteiger partial charge in [0.05, 0.1) is 6.54 Å². The van der Waals surface area contributed by atoms with Crippen molar-refractivity contribution < 1.29 is 27.9 Å². The molecule has 2 saturated heterocycles. The van der Waals surface area contributed by atoms with Gasteiger partial charge >= 0.3 is 6.09 Å². The van der Waals surface area contributed by atoms with Crippen LogP contribution >= 0.6 is 11.6 Å². The van der Waals surface area contributed by atoms with Gasteiger partial charge in [-0.05, 0) is 87.4 Å². The third-order valence-electron chi connectivity index (χ3n) is 7.21. The van der Waals surface area contributed by atoms with Crippen molar-refractivity contribution in [2.45, 2.75) is 58.1 Å². The van der Waals surface area contributed by atoms with Gasteiger partial charge in [0.25, 0.3) is 0 Å². The molecular formula is C28H36ClN4O6S-. The molecule has 2 atom stereocenters. The van der Waals surface area contributed by atoms with Gasteiger partial charge in [0.15, 0.2) is 0 Å². The standard InChI is InChI=1S/C28H37ClN4O6S/c1-28(2,3)39-27(36)30-17-19-10-13-31(14-11-19)25(34)18-32-12-4-5-24(26(32)35)33(40(37)38)23-9-7-20-15-22(29)8-6-21(20)16-23/h6-9,15-16,19,24H,4-5,10-14,17-18H2,1-3H3,(H,30,36)(H,37,38)/p-1. The first-order valence-electron chi connectivity index (χ1n) is 13.5. The second-order valence-corrected chi connectivity index (χ2v) is 12.6. The van der Waals surface area contributed by atoms with Gasteiger partial charge in [0, 0.05) is 48.2 Å². The Hall–Kier alpha value is -2.89. The largest absolute Gasteiger partial charge is 0.755 e. The summed E-state index contributed by atoms with van der Waals surface area (Å²) in [6.45, 7) is 7.27. The smallest absolute Gasteiger partial charge is 0.407 e. The molecule has 0 spiro atoms. The van der Waals surface area contributed by atoms with E-state index in [4.69, 9.17) is 16.3 Å². The van der Waals surface area contributed by atoms with Crippen LogP contribution in [0.25, 0.3) is 10.8 Å². The van der Waals surface area contributed by atoms with Gasteiger partial charge in [-0.1, -0.05) is 23.7 Å². The molecule has 1 N–H and O–H groups in total. The van der Waals surface area contributed by atoms with E-state index in [1.54, 1.807) is 41.3 Å². The number of piperidine rings is 2. The minimum atomic E-state index is -2.69. The second kappa shape index (κ2) is 12.7. The molecule has 12 heteroatoms. The topological polar surface area (TPSA) is 122 Å². The Labute approximate surface area is 242 Å². The Bertz CT molecular complexity index is 1280. The lowest BCUT2D eigenvalue weighted by atomic mass is 9.96. The zero-order chi connectivity index (χ0) is 29.0. The highest BCUT2D eigenvalue weighted by molar-refractivity contribution is 7.80. The molecule has 10 nitrogen and oxygen atoms in total. The van der Waals surface area contributed by atoms with Gasteiger partial charge in [-0.2, -0.15) is 0 Å². The molecule has 2 fully saturated rings. The summed E-state index contributed by atoms with van der Waals surface area (Å²) >= 11 is 3.38. The average Bonchev–Trinajstić information content (AvgIpc) is 2.89. The fourth-order valence-electron chi connectivity index (χ4n) is 5.20. The van der Waals surface area contributed by atoms with Crippen LogP contribution in [0.5, 0.6) is 0 Å². The number of benzene rings is 2. The number of alkyl carbamates (subject to hydrolysis) is 1. The number of hydrogen-bond acceptors (Lipinski definition) is 6. The van der Waals surface area contributed by atoms with Crippen LogP contribution in [0.1, 0.15) is 46.5 Å². The van der Waals surface area contributed by atoms with E-state index >= 15 is 0 Å². The van der Waals surface area contributed by atoms with Crippen LogP contribution in [0.4, 0.5) is 10.5 Å². The minimum absolute atomic E-state index is 0.0916. The zero-order valence-electron chi connectivity index (χ0n) is 23.1. The van der Waals surface area contributed by atoms with E-state index in [9.17, 15) is 23.1 Å². The van der Waals surface area contributed by atoms with Crippen LogP contribution in [-0.4, -0.2) is 80.8 Å². The van der Waals surface area contributed by atoms with Crippen molar-refractivity contribution in [1.29, 1.82) is 0 Å². The predicted molar refractivity (Wildman–Crippen MR) is 153 cm³/mol. The summed E-state index contributed by atoms with van der Waals surface area (Å²) in [5.74, 6) is -0.308. The first-order chi connectivity index (χ1) is 18.9.